The molecule has 0 fully saturated rings. The number of nitrogens with zero attached hydrogens (tertiary/aromatic N) is 2. The molecule has 2 rings (SSSR count). The van der Waals surface area contributed by atoms with Gasteiger partial charge in [-0.25, -0.2) is 0 Å². The number of aromatic nitrogens is 2. The average Bonchev–Trinajstić information content (AvgIpc) is 2.29. The molecule has 1 aromatic carbocycles. The van der Waals surface area contributed by atoms with Crippen molar-refractivity contribution in [1.29, 1.82) is 0 Å². The average molecular weight is 314 g/mol. The Balaban J connectivity index is 2.30. The second-order valence-electron chi connectivity index (χ2n) is 3.55. The van der Waals surface area contributed by atoms with E-state index in [4.69, 9.17) is 17.3 Å². The van der Waals surface area contributed by atoms with Crippen LogP contribution in [0.3, 0.4) is 0 Å². The lowest BCUT2D eigenvalue weighted by Crippen LogP contribution is -1.98. The third-order valence-electron chi connectivity index (χ3n) is 2.20. The van der Waals surface area contributed by atoms with Gasteiger partial charge in [0.15, 0.2) is 5.82 Å². The summed E-state index contributed by atoms with van der Waals surface area (Å²) in [5.41, 5.74) is 7.30. The van der Waals surface area contributed by atoms with Gasteiger partial charge in [-0.1, -0.05) is 11.6 Å². The van der Waals surface area contributed by atoms with Gasteiger partial charge < -0.3 is 11.1 Å². The van der Waals surface area contributed by atoms with Crippen LogP contribution in [-0.2, 0) is 0 Å². The van der Waals surface area contributed by atoms with Gasteiger partial charge in [-0.3, -0.25) is 0 Å². The summed E-state index contributed by atoms with van der Waals surface area (Å²) in [6, 6.07) is 7.20. The molecule has 1 heterocycles. The van der Waals surface area contributed by atoms with Crippen molar-refractivity contribution in [2.24, 2.45) is 0 Å². The molecule has 0 spiro atoms. The molecule has 0 unspecified atom stereocenters. The predicted molar refractivity (Wildman–Crippen MR) is 73.6 cm³/mol. The quantitative estimate of drug-likeness (QED) is 0.890. The first-order valence-corrected chi connectivity index (χ1v) is 6.05. The van der Waals surface area contributed by atoms with Crippen molar-refractivity contribution in [1.82, 2.24) is 10.2 Å². The standard InChI is InChI=1S/C11H10BrClN4/c1-6-4-7(12)9(5-8(6)13)15-11-3-2-10(14)16-17-11/h2-5H,1H3,(H2,14,16)(H,15,17). The van der Waals surface area contributed by atoms with Crippen molar-refractivity contribution in [3.63, 3.8) is 0 Å². The van der Waals surface area contributed by atoms with Crippen molar-refractivity contribution in [3.05, 3.63) is 39.3 Å². The SMILES string of the molecule is Cc1cc(Br)c(Nc2ccc(N)nn2)cc1Cl. The summed E-state index contributed by atoms with van der Waals surface area (Å²) in [5.74, 6) is 0.997. The maximum atomic E-state index is 6.06. The molecular weight excluding hydrogens is 304 g/mol. The highest BCUT2D eigenvalue weighted by atomic mass is 79.9. The molecule has 0 amide bonds. The van der Waals surface area contributed by atoms with Crippen LogP contribution in [0, 0.1) is 6.92 Å². The molecule has 88 valence electrons. The minimum Gasteiger partial charge on any atom is -0.382 e. The van der Waals surface area contributed by atoms with Crippen LogP contribution in [0.2, 0.25) is 5.02 Å². The molecule has 0 radical (unpaired) electrons. The Kier molecular flexibility index (Phi) is 3.49. The summed E-state index contributed by atoms with van der Waals surface area (Å²) in [6.07, 6.45) is 0. The summed E-state index contributed by atoms with van der Waals surface area (Å²) < 4.78 is 0.915. The van der Waals surface area contributed by atoms with Gasteiger partial charge in [0.2, 0.25) is 0 Å². The minimum atomic E-state index is 0.386. The van der Waals surface area contributed by atoms with Crippen LogP contribution in [0.5, 0.6) is 0 Å². The lowest BCUT2D eigenvalue weighted by Gasteiger charge is -2.09. The van der Waals surface area contributed by atoms with Gasteiger partial charge in [0.05, 0.1) is 5.69 Å². The van der Waals surface area contributed by atoms with Gasteiger partial charge in [-0.15, -0.1) is 10.2 Å². The first-order valence-electron chi connectivity index (χ1n) is 4.88. The van der Waals surface area contributed by atoms with E-state index in [-0.39, 0.29) is 0 Å². The smallest absolute Gasteiger partial charge is 0.153 e. The van der Waals surface area contributed by atoms with Gasteiger partial charge in [0.25, 0.3) is 0 Å². The van der Waals surface area contributed by atoms with Crippen molar-refractivity contribution < 1.29 is 0 Å². The van der Waals surface area contributed by atoms with Crippen molar-refractivity contribution in [2.45, 2.75) is 6.92 Å². The number of nitrogens with two attached hydrogens (primary N) is 1. The molecule has 6 heteroatoms. The van der Waals surface area contributed by atoms with E-state index < -0.39 is 0 Å². The van der Waals surface area contributed by atoms with Crippen LogP contribution in [0.1, 0.15) is 5.56 Å². The maximum absolute atomic E-state index is 6.06. The number of nitrogen functional groups attached to an aromatic ring is 1. The fourth-order valence-electron chi connectivity index (χ4n) is 1.29. The molecule has 17 heavy (non-hydrogen) atoms. The van der Waals surface area contributed by atoms with Gasteiger partial charge >= 0.3 is 0 Å². The van der Waals surface area contributed by atoms with E-state index in [0.717, 1.165) is 15.7 Å². The molecule has 0 saturated heterocycles. The number of benzene rings is 1. The van der Waals surface area contributed by atoms with E-state index in [0.29, 0.717) is 16.7 Å². The van der Waals surface area contributed by atoms with Gasteiger partial charge in [-0.2, -0.15) is 0 Å². The molecule has 1 aromatic heterocycles. The highest BCUT2D eigenvalue weighted by molar-refractivity contribution is 9.10. The van der Waals surface area contributed by atoms with Gasteiger partial charge in [-0.05, 0) is 52.7 Å². The Morgan fingerprint density at radius 3 is 2.71 bits per heavy atom. The van der Waals surface area contributed by atoms with Crippen LogP contribution in [0.4, 0.5) is 17.3 Å². The monoisotopic (exact) mass is 312 g/mol. The summed E-state index contributed by atoms with van der Waals surface area (Å²) in [5, 5.41) is 11.5. The van der Waals surface area contributed by atoms with Crippen LogP contribution >= 0.6 is 27.5 Å². The zero-order valence-corrected chi connectivity index (χ0v) is 11.4. The van der Waals surface area contributed by atoms with Crippen molar-refractivity contribution in [2.75, 3.05) is 11.1 Å². The normalized spacial score (nSPS) is 10.3. The largest absolute Gasteiger partial charge is 0.382 e. The molecule has 0 saturated carbocycles. The third-order valence-corrected chi connectivity index (χ3v) is 3.26. The first-order chi connectivity index (χ1) is 8.06. The number of aryl methyl sites for hydroxylation is 1. The van der Waals surface area contributed by atoms with Crippen molar-refractivity contribution >= 4 is 44.9 Å². The number of hydrogen-bond acceptors (Lipinski definition) is 4. The van der Waals surface area contributed by atoms with Crippen LogP contribution in [0.25, 0.3) is 0 Å². The molecule has 4 nitrogen and oxygen atoms in total. The number of rotatable bonds is 2. The second-order valence-corrected chi connectivity index (χ2v) is 4.81. The Morgan fingerprint density at radius 1 is 1.29 bits per heavy atom. The van der Waals surface area contributed by atoms with Crippen molar-refractivity contribution in [3.8, 4) is 0 Å². The molecule has 0 aliphatic rings. The Labute approximate surface area is 112 Å². The van der Waals surface area contributed by atoms with Crippen LogP contribution in [0.15, 0.2) is 28.7 Å². The Hall–Kier alpha value is -1.33. The van der Waals surface area contributed by atoms with E-state index in [1.807, 2.05) is 19.1 Å². The molecule has 0 bridgehead atoms. The molecule has 0 aliphatic carbocycles. The van der Waals surface area contributed by atoms with Gasteiger partial charge in [0.1, 0.15) is 5.82 Å². The summed E-state index contributed by atoms with van der Waals surface area (Å²) >= 11 is 9.52. The van der Waals surface area contributed by atoms with Gasteiger partial charge in [0, 0.05) is 9.50 Å². The molecule has 3 N–H and O–H groups in total. The zero-order valence-electron chi connectivity index (χ0n) is 9.04. The van der Waals surface area contributed by atoms with E-state index in [9.17, 15) is 0 Å². The third kappa shape index (κ3) is 2.87. The minimum absolute atomic E-state index is 0.386. The Bertz CT molecular complexity index is 542. The fourth-order valence-corrected chi connectivity index (χ4v) is 2.01. The van der Waals surface area contributed by atoms with E-state index >= 15 is 0 Å². The summed E-state index contributed by atoms with van der Waals surface area (Å²) in [4.78, 5) is 0. The first kappa shape index (κ1) is 12.1. The molecule has 2 aromatic rings. The highest BCUT2D eigenvalue weighted by Crippen LogP contribution is 2.30. The summed E-state index contributed by atoms with van der Waals surface area (Å²) in [6.45, 7) is 1.94. The molecule has 0 atom stereocenters. The highest BCUT2D eigenvalue weighted by Gasteiger charge is 2.05. The topological polar surface area (TPSA) is 63.8 Å². The fraction of sp³-hybridized carbons (Fsp3) is 0.0909. The predicted octanol–water partition coefficient (Wildman–Crippen LogP) is 3.53. The number of halogens is 2. The lowest BCUT2D eigenvalue weighted by molar-refractivity contribution is 1.05. The number of anilines is 3. The van der Waals surface area contributed by atoms with Crippen LogP contribution in [-0.4, -0.2) is 10.2 Å². The second kappa shape index (κ2) is 4.89. The number of nitrogens with one attached hydrogen (secondary N) is 1. The van der Waals surface area contributed by atoms with E-state index in [1.165, 1.54) is 0 Å². The van der Waals surface area contributed by atoms with Crippen LogP contribution < -0.4 is 11.1 Å². The zero-order chi connectivity index (χ0) is 12.4. The summed E-state index contributed by atoms with van der Waals surface area (Å²) in [7, 11) is 0. The van der Waals surface area contributed by atoms with E-state index in [1.54, 1.807) is 12.1 Å². The Morgan fingerprint density at radius 2 is 2.06 bits per heavy atom. The van der Waals surface area contributed by atoms with E-state index in [2.05, 4.69) is 31.4 Å². The molecule has 0 aliphatic heterocycles. The maximum Gasteiger partial charge on any atom is 0.153 e. The molecular formula is C11H10BrClN4. The lowest BCUT2D eigenvalue weighted by atomic mass is 10.2. The number of hydrogen-bond donors (Lipinski definition) is 2.